The standard InChI is InChI=1S/C19H20N4O/c1-2-7-14(8-3-1)17-13-24-19-12-6-11-18(22(17)19)23-20-15-9-4-5-10-16(15)21-23/h1-5,7-10,17-19H,6,11-13H2/t17-,18?,19?/m1/s1. The predicted molar refractivity (Wildman–Crippen MR) is 91.2 cm³/mol. The molecule has 2 aromatic carbocycles. The van der Waals surface area contributed by atoms with Crippen LogP contribution in [-0.2, 0) is 4.74 Å². The monoisotopic (exact) mass is 320 g/mol. The van der Waals surface area contributed by atoms with E-state index in [1.54, 1.807) is 0 Å². The summed E-state index contributed by atoms with van der Waals surface area (Å²) in [5, 5.41) is 9.47. The molecule has 3 heterocycles. The Hall–Kier alpha value is -2.24. The van der Waals surface area contributed by atoms with Crippen LogP contribution in [0.15, 0.2) is 54.6 Å². The number of hydrogen-bond acceptors (Lipinski definition) is 4. The van der Waals surface area contributed by atoms with Crippen LogP contribution in [0, 0.1) is 0 Å². The quantitative estimate of drug-likeness (QED) is 0.725. The van der Waals surface area contributed by atoms with Crippen molar-refractivity contribution in [1.29, 1.82) is 0 Å². The maximum Gasteiger partial charge on any atom is 0.126 e. The summed E-state index contributed by atoms with van der Waals surface area (Å²) in [5.74, 6) is 0. The number of hydrogen-bond donors (Lipinski definition) is 0. The van der Waals surface area contributed by atoms with E-state index >= 15 is 0 Å². The van der Waals surface area contributed by atoms with Crippen LogP contribution in [0.3, 0.4) is 0 Å². The average Bonchev–Trinajstić information content (AvgIpc) is 3.26. The molecule has 0 N–H and O–H groups in total. The fourth-order valence-electron chi connectivity index (χ4n) is 4.02. The summed E-state index contributed by atoms with van der Waals surface area (Å²) in [4.78, 5) is 4.37. The molecule has 2 aliphatic rings. The van der Waals surface area contributed by atoms with E-state index in [9.17, 15) is 0 Å². The molecule has 0 aliphatic carbocycles. The van der Waals surface area contributed by atoms with Gasteiger partial charge in [-0.1, -0.05) is 42.5 Å². The molecule has 5 heteroatoms. The van der Waals surface area contributed by atoms with Crippen LogP contribution in [0.4, 0.5) is 0 Å². The number of aromatic nitrogens is 3. The number of ether oxygens (including phenoxy) is 1. The van der Waals surface area contributed by atoms with Crippen molar-refractivity contribution in [3.05, 3.63) is 60.2 Å². The average molecular weight is 320 g/mol. The Kier molecular flexibility index (Phi) is 3.35. The lowest BCUT2D eigenvalue weighted by molar-refractivity contribution is -0.0573. The van der Waals surface area contributed by atoms with Crippen LogP contribution in [0.25, 0.3) is 11.0 Å². The maximum atomic E-state index is 6.11. The first-order valence-electron chi connectivity index (χ1n) is 8.66. The van der Waals surface area contributed by atoms with Crippen molar-refractivity contribution < 1.29 is 4.74 Å². The lowest BCUT2D eigenvalue weighted by Crippen LogP contribution is -2.42. The normalized spacial score (nSPS) is 27.4. The van der Waals surface area contributed by atoms with Crippen LogP contribution in [0.2, 0.25) is 0 Å². The molecule has 2 unspecified atom stereocenters. The number of piperidine rings is 1. The largest absolute Gasteiger partial charge is 0.361 e. The van der Waals surface area contributed by atoms with E-state index in [1.165, 1.54) is 5.56 Å². The van der Waals surface area contributed by atoms with E-state index in [4.69, 9.17) is 14.9 Å². The van der Waals surface area contributed by atoms with Crippen molar-refractivity contribution in [1.82, 2.24) is 19.9 Å². The molecule has 5 rings (SSSR count). The summed E-state index contributed by atoms with van der Waals surface area (Å²) in [5.41, 5.74) is 3.22. The third-order valence-electron chi connectivity index (χ3n) is 5.15. The van der Waals surface area contributed by atoms with Crippen molar-refractivity contribution in [2.45, 2.75) is 37.7 Å². The van der Waals surface area contributed by atoms with Gasteiger partial charge in [-0.05, 0) is 37.0 Å². The zero-order chi connectivity index (χ0) is 15.9. The molecule has 2 aliphatic heterocycles. The molecule has 122 valence electrons. The summed E-state index contributed by atoms with van der Waals surface area (Å²) in [6, 6.07) is 19.0. The highest BCUT2D eigenvalue weighted by atomic mass is 16.5. The van der Waals surface area contributed by atoms with Gasteiger partial charge in [-0.2, -0.15) is 15.0 Å². The van der Waals surface area contributed by atoms with Crippen LogP contribution in [0.1, 0.15) is 37.0 Å². The first-order chi connectivity index (χ1) is 11.9. The van der Waals surface area contributed by atoms with Crippen molar-refractivity contribution in [2.24, 2.45) is 0 Å². The predicted octanol–water partition coefficient (Wildman–Crippen LogP) is 3.51. The van der Waals surface area contributed by atoms with Crippen LogP contribution >= 0.6 is 0 Å². The van der Waals surface area contributed by atoms with Crippen molar-refractivity contribution in [3.8, 4) is 0 Å². The van der Waals surface area contributed by atoms with Gasteiger partial charge < -0.3 is 4.74 Å². The zero-order valence-corrected chi connectivity index (χ0v) is 13.5. The minimum absolute atomic E-state index is 0.156. The second-order valence-electron chi connectivity index (χ2n) is 6.58. The van der Waals surface area contributed by atoms with Gasteiger partial charge >= 0.3 is 0 Å². The van der Waals surface area contributed by atoms with E-state index in [0.717, 1.165) is 36.9 Å². The Bertz CT molecular complexity index is 814. The molecule has 5 nitrogen and oxygen atoms in total. The van der Waals surface area contributed by atoms with Gasteiger partial charge in [-0.25, -0.2) is 4.90 Å². The zero-order valence-electron chi connectivity index (χ0n) is 13.5. The number of benzene rings is 2. The number of fused-ring (bicyclic) bond motifs is 2. The Morgan fingerprint density at radius 3 is 2.33 bits per heavy atom. The van der Waals surface area contributed by atoms with E-state index in [2.05, 4.69) is 35.2 Å². The number of rotatable bonds is 2. The van der Waals surface area contributed by atoms with Gasteiger partial charge in [0.15, 0.2) is 0 Å². The van der Waals surface area contributed by atoms with Gasteiger partial charge in [0, 0.05) is 0 Å². The van der Waals surface area contributed by atoms with Crippen molar-refractivity contribution in [2.75, 3.05) is 6.61 Å². The molecular formula is C19H20N4O. The molecule has 24 heavy (non-hydrogen) atoms. The maximum absolute atomic E-state index is 6.11. The fraction of sp³-hybridized carbons (Fsp3) is 0.368. The lowest BCUT2D eigenvalue weighted by atomic mass is 10.0. The Morgan fingerprint density at radius 1 is 0.875 bits per heavy atom. The minimum atomic E-state index is 0.156. The summed E-state index contributed by atoms with van der Waals surface area (Å²) < 4.78 is 6.11. The Labute approximate surface area is 140 Å². The van der Waals surface area contributed by atoms with E-state index in [-0.39, 0.29) is 18.4 Å². The van der Waals surface area contributed by atoms with Crippen LogP contribution in [0.5, 0.6) is 0 Å². The van der Waals surface area contributed by atoms with E-state index in [0.29, 0.717) is 0 Å². The van der Waals surface area contributed by atoms with Gasteiger partial charge in [0.25, 0.3) is 0 Å². The van der Waals surface area contributed by atoms with Gasteiger partial charge in [0.1, 0.15) is 23.4 Å². The molecule has 3 aromatic rings. The summed E-state index contributed by atoms with van der Waals surface area (Å²) in [6.45, 7) is 0.742. The molecule has 2 saturated heterocycles. The molecule has 0 radical (unpaired) electrons. The topological polar surface area (TPSA) is 43.2 Å². The van der Waals surface area contributed by atoms with Crippen molar-refractivity contribution >= 4 is 11.0 Å². The molecule has 0 bridgehead atoms. The summed E-state index contributed by atoms with van der Waals surface area (Å²) in [7, 11) is 0. The molecular weight excluding hydrogens is 300 g/mol. The molecule has 2 fully saturated rings. The molecule has 0 saturated carbocycles. The third kappa shape index (κ3) is 2.24. The van der Waals surface area contributed by atoms with E-state index in [1.807, 2.05) is 29.1 Å². The highest BCUT2D eigenvalue weighted by molar-refractivity contribution is 5.72. The fourth-order valence-corrected chi connectivity index (χ4v) is 4.02. The second kappa shape index (κ2) is 5.69. The molecule has 0 amide bonds. The third-order valence-corrected chi connectivity index (χ3v) is 5.15. The second-order valence-corrected chi connectivity index (χ2v) is 6.58. The van der Waals surface area contributed by atoms with E-state index < -0.39 is 0 Å². The SMILES string of the molecule is c1ccc([C@H]2COC3CCCC(n4nc5ccccc5n4)N32)cc1. The molecule has 1 aromatic heterocycles. The van der Waals surface area contributed by atoms with Crippen LogP contribution < -0.4 is 0 Å². The van der Waals surface area contributed by atoms with Gasteiger partial charge in [-0.15, -0.1) is 0 Å². The molecule has 0 spiro atoms. The Balaban J connectivity index is 1.54. The molecule has 3 atom stereocenters. The van der Waals surface area contributed by atoms with Gasteiger partial charge in [0.05, 0.1) is 12.6 Å². The highest BCUT2D eigenvalue weighted by Crippen LogP contribution is 2.42. The number of nitrogens with zero attached hydrogens (tertiary/aromatic N) is 4. The first kappa shape index (κ1) is 14.1. The first-order valence-corrected chi connectivity index (χ1v) is 8.66. The minimum Gasteiger partial charge on any atom is -0.361 e. The summed E-state index contributed by atoms with van der Waals surface area (Å²) in [6.07, 6.45) is 3.61. The Morgan fingerprint density at radius 2 is 1.58 bits per heavy atom. The lowest BCUT2D eigenvalue weighted by Gasteiger charge is -2.38. The smallest absolute Gasteiger partial charge is 0.126 e. The summed E-state index contributed by atoms with van der Waals surface area (Å²) >= 11 is 0. The van der Waals surface area contributed by atoms with Crippen LogP contribution in [-0.4, -0.2) is 32.7 Å². The van der Waals surface area contributed by atoms with Gasteiger partial charge in [0.2, 0.25) is 0 Å². The van der Waals surface area contributed by atoms with Gasteiger partial charge in [-0.3, -0.25) is 0 Å². The van der Waals surface area contributed by atoms with Crippen molar-refractivity contribution in [3.63, 3.8) is 0 Å². The highest BCUT2D eigenvalue weighted by Gasteiger charge is 2.43.